The molecule has 680 valence electrons. The Morgan fingerprint density at radius 3 is 1.11 bits per heavy atom. The van der Waals surface area contributed by atoms with E-state index in [-0.39, 0.29) is 118 Å². The summed E-state index contributed by atoms with van der Waals surface area (Å²) >= 11 is 3.07. The molecule has 4 aromatic heterocycles. The number of benzene rings is 10. The summed E-state index contributed by atoms with van der Waals surface area (Å²) in [4.78, 5) is 98.3. The molecule has 14 aromatic rings. The first-order valence-electron chi connectivity index (χ1n) is 41.5. The number of carbonyl (C=O) groups is 5. The van der Waals surface area contributed by atoms with Crippen molar-refractivity contribution in [3.8, 4) is 22.5 Å². The quantitative estimate of drug-likeness (QED) is 0.0242. The fourth-order valence-electron chi connectivity index (χ4n) is 13.7. The fourth-order valence-corrected chi connectivity index (χ4v) is 18.7. The number of hydrogen-bond donors (Lipinski definition) is 3. The van der Waals surface area contributed by atoms with E-state index >= 15 is 0 Å². The molecule has 0 bridgehead atoms. The molecule has 31 heteroatoms. The van der Waals surface area contributed by atoms with Crippen molar-refractivity contribution in [2.75, 3.05) is 52.4 Å². The third-order valence-corrected chi connectivity index (χ3v) is 26.3. The van der Waals surface area contributed by atoms with Gasteiger partial charge in [0.25, 0.3) is 22.9 Å². The van der Waals surface area contributed by atoms with Crippen LogP contribution >= 0.6 is 50.8 Å². The van der Waals surface area contributed by atoms with Gasteiger partial charge < -0.3 is 54.7 Å². The molecular formula is C100H107BBrCl2KN10O13P2Pd. The molecule has 17 rings (SSSR count). The van der Waals surface area contributed by atoms with Crippen LogP contribution in [-0.4, -0.2) is 167 Å². The number of pyridine rings is 2. The molecule has 0 aliphatic carbocycles. The molecule has 0 saturated carbocycles. The summed E-state index contributed by atoms with van der Waals surface area (Å²) in [7, 11) is 8.26. The largest absolute Gasteiger partial charge is 1.00 e. The van der Waals surface area contributed by atoms with Gasteiger partial charge in [-0.15, -0.1) is 0 Å². The molecule has 7 heterocycles. The van der Waals surface area contributed by atoms with Crippen LogP contribution in [0.5, 0.6) is 0 Å². The normalized spacial score (nSPS) is 13.6. The van der Waals surface area contributed by atoms with E-state index in [0.717, 1.165) is 38.6 Å². The second-order valence-corrected chi connectivity index (χ2v) is 40.3. The number of nitrogens with one attached hydrogen (secondary N) is 2. The molecule has 3 saturated heterocycles. The van der Waals surface area contributed by atoms with Crippen molar-refractivity contribution < 1.29 is 122 Å². The predicted molar refractivity (Wildman–Crippen MR) is 526 cm³/mol. The van der Waals surface area contributed by atoms with Gasteiger partial charge in [0.15, 0.2) is 0 Å². The topological polar surface area (TPSA) is 266 Å². The number of halogens is 3. The average Bonchev–Trinajstić information content (AvgIpc) is 1.62. The van der Waals surface area contributed by atoms with E-state index in [4.69, 9.17) is 47.9 Å². The smallest absolute Gasteiger partial charge is 1.00 e. The number of ether oxygens (including phenoxy) is 2. The number of fused-ring (bicyclic) bond motifs is 2. The van der Waals surface area contributed by atoms with E-state index in [2.05, 4.69) is 223 Å². The van der Waals surface area contributed by atoms with Gasteiger partial charge in [0.1, 0.15) is 11.2 Å². The van der Waals surface area contributed by atoms with E-state index in [1.54, 1.807) is 71.8 Å². The minimum atomic E-state index is -0.549. The van der Waals surface area contributed by atoms with Gasteiger partial charge in [-0.1, -0.05) is 226 Å². The molecule has 0 spiro atoms. The summed E-state index contributed by atoms with van der Waals surface area (Å²) in [6.45, 7) is 22.6. The Labute approximate surface area is 836 Å². The van der Waals surface area contributed by atoms with E-state index in [0.29, 0.717) is 79.1 Å². The summed E-state index contributed by atoms with van der Waals surface area (Å²) in [6.07, 6.45) is 6.38. The number of para-hydroxylation sites is 2. The number of aromatic nitrogens is 6. The Balaban J connectivity index is 0.000000207. The first-order valence-corrected chi connectivity index (χ1v) is 49.0. The Morgan fingerprint density at radius 2 is 0.771 bits per heavy atom. The van der Waals surface area contributed by atoms with Crippen LogP contribution < -0.4 is 99.8 Å². The number of nitrogens with zero attached hydrogens (tertiary/aromatic N) is 8. The zero-order chi connectivity index (χ0) is 92.3. The molecule has 23 nitrogen and oxygen atoms in total. The second kappa shape index (κ2) is 50.3. The number of hydrogen-bond acceptors (Lipinski definition) is 15. The first-order chi connectivity index (χ1) is 61.9. The number of rotatable bonds is 13. The molecule has 0 atom stereocenters. The van der Waals surface area contributed by atoms with Crippen LogP contribution in [0.3, 0.4) is 0 Å². The van der Waals surface area contributed by atoms with Crippen LogP contribution in [0.25, 0.3) is 44.3 Å². The Kier molecular flexibility index (Phi) is 40.3. The molecule has 0 unspecified atom stereocenters. The van der Waals surface area contributed by atoms with Crippen LogP contribution in [0.1, 0.15) is 98.8 Å². The van der Waals surface area contributed by atoms with E-state index in [1.807, 2.05) is 160 Å². The summed E-state index contributed by atoms with van der Waals surface area (Å²) in [5, 5.41) is 26.2. The van der Waals surface area contributed by atoms with E-state index in [9.17, 15) is 28.8 Å². The van der Waals surface area contributed by atoms with Crippen molar-refractivity contribution in [3.05, 3.63) is 352 Å². The zero-order valence-corrected chi connectivity index (χ0v) is 83.7. The van der Waals surface area contributed by atoms with Gasteiger partial charge in [-0.3, -0.25) is 24.0 Å². The standard InChI is InChI=1S/C28H29N5O4.C25H35BN4O5.2C18H15P.C9H6BrNO.CH2O3.CH4.2ClH.K.Pd.H/c1-28(2,3)37-27(36)32-14-12-31(13-15-32)26(35)19-8-10-22(11-9-19)33-18-21(17-29-33)23-16-20-6-4-5-7-24(20)30-25(23)34;1-23(2,3)33-22(32)29-14-12-28(13-15-29)21(31)18-8-10-20(11-9-18)30-17-19(16-27-30)26-34-24(4,5)25(6,7)35-26;2*1-4-10-16(11-5-1)19(17-12-6-2-7-13-17)18-14-8-3-9-15-18;10-7-5-6-3-1-2-4-8(6)11-9(7)12;2-1-4-3;;;;;;/h4-11,16-18H,12-15H2,1-3H3,(H,30,34);8-11,16-17H,12-15H2,1-7H3;2*1-15H;1-5H,(H,11,12);1,3H;1H4;2*1H;;;/q;;;;;;;;;+1;+2;-1/p-2. The Hall–Kier alpha value is -9.85. The van der Waals surface area contributed by atoms with E-state index in [1.165, 1.54) is 31.8 Å². The first kappa shape index (κ1) is 105. The van der Waals surface area contributed by atoms with Gasteiger partial charge in [-0.25, -0.2) is 24.2 Å². The maximum Gasteiger partial charge on any atom is 1.00 e. The fraction of sp³-hybridized carbons (Fsp3) is 0.230. The number of aromatic amines is 2. The molecule has 0 radical (unpaired) electrons. The van der Waals surface area contributed by atoms with Crippen LogP contribution in [0.4, 0.5) is 9.59 Å². The molecule has 131 heavy (non-hydrogen) atoms. The Bertz CT molecular complexity index is 5790. The molecule has 3 aliphatic heterocycles. The molecule has 3 aliphatic rings. The second-order valence-electron chi connectivity index (χ2n) is 32.7. The summed E-state index contributed by atoms with van der Waals surface area (Å²) in [6, 6.07) is 98.1. The van der Waals surface area contributed by atoms with Crippen LogP contribution in [0.2, 0.25) is 0 Å². The number of piperazine rings is 2. The van der Waals surface area contributed by atoms with Crippen molar-refractivity contribution in [1.29, 1.82) is 0 Å². The van der Waals surface area contributed by atoms with Gasteiger partial charge in [-0.05, 0) is 216 Å². The van der Waals surface area contributed by atoms with Crippen molar-refractivity contribution >= 4 is 148 Å². The minimum absolute atomic E-state index is 0. The van der Waals surface area contributed by atoms with Crippen molar-refractivity contribution in [2.24, 2.45) is 0 Å². The van der Waals surface area contributed by atoms with Crippen LogP contribution in [0, 0.1) is 0 Å². The van der Waals surface area contributed by atoms with Gasteiger partial charge >= 0.3 is 112 Å². The van der Waals surface area contributed by atoms with Gasteiger partial charge in [-0.2, -0.15) is 10.2 Å². The number of amides is 4. The molecule has 3 fully saturated rings. The minimum Gasteiger partial charge on any atom is -1.00 e. The summed E-state index contributed by atoms with van der Waals surface area (Å²) in [5.41, 5.74) is 4.32. The van der Waals surface area contributed by atoms with Gasteiger partial charge in [0.2, 0.25) is 0 Å². The molecular weight excluding hydrogens is 1920 g/mol. The average molecular weight is 2030 g/mol. The van der Waals surface area contributed by atoms with Crippen molar-refractivity contribution in [1.82, 2.24) is 49.1 Å². The Morgan fingerprint density at radius 1 is 0.473 bits per heavy atom. The monoisotopic (exact) mass is 2020 g/mol. The maximum atomic E-state index is 13.0. The van der Waals surface area contributed by atoms with Gasteiger partial charge in [0, 0.05) is 104 Å². The maximum absolute atomic E-state index is 13.0. The third kappa shape index (κ3) is 30.1. The molecule has 10 aromatic carbocycles. The van der Waals surface area contributed by atoms with Crippen molar-refractivity contribution in [2.45, 2.75) is 99.1 Å². The zero-order valence-electron chi connectivity index (χ0n) is 75.1. The third-order valence-electron chi connectivity index (χ3n) is 20.8. The number of H-pyrrole nitrogens is 2. The van der Waals surface area contributed by atoms with Crippen molar-refractivity contribution in [3.63, 3.8) is 0 Å². The SMILES string of the molecule is C.CC(C)(C)OC(=O)N1CCN(C(=O)c2ccc(-n3cc(-c4cc5ccccc5[nH]c4=O)cn3)cc2)CC1.CC(C)(C)OC(=O)N1CCN(C(=O)c2ccc(-n3cc(B4OC(C)(C)C(C)(C)O4)cn3)cc2)CC1.O=COO.O=c1[nH]c2ccccc2cc1Br.[Cl][Pd][Cl].[H-].[K+].c1ccc(P(c2ccccc2)c2ccccc2)cc1.c1ccc(P(c2ccccc2)c2ccccc2)cc1. The van der Waals surface area contributed by atoms with E-state index < -0.39 is 45.4 Å². The van der Waals surface area contributed by atoms with Gasteiger partial charge in [0.05, 0.1) is 38.8 Å². The molecule has 4 amide bonds. The van der Waals surface area contributed by atoms with Crippen LogP contribution in [0.15, 0.2) is 330 Å². The van der Waals surface area contributed by atoms with Crippen LogP contribution in [-0.2, 0) is 44.4 Å². The molecule has 3 N–H and O–H groups in total. The summed E-state index contributed by atoms with van der Waals surface area (Å²) in [5.74, 6) is -0.141. The predicted octanol–water partition coefficient (Wildman–Crippen LogP) is 14.9. The number of carbonyl (C=O) groups excluding carboxylic acids is 5. The summed E-state index contributed by atoms with van der Waals surface area (Å²) < 4.78 is 27.1.